The van der Waals surface area contributed by atoms with E-state index in [4.69, 9.17) is 11.6 Å². The number of rotatable bonds is 5. The minimum atomic E-state index is -0.135. The van der Waals surface area contributed by atoms with Crippen molar-refractivity contribution in [1.29, 1.82) is 0 Å². The average Bonchev–Trinajstić information content (AvgIpc) is 2.55. The van der Waals surface area contributed by atoms with E-state index in [0.29, 0.717) is 6.54 Å². The molecule has 0 aliphatic carbocycles. The number of nitrogens with zero attached hydrogens (tertiary/aromatic N) is 3. The molecule has 1 aromatic rings. The molecule has 1 amide bonds. The molecule has 0 saturated carbocycles. The highest BCUT2D eigenvalue weighted by Crippen LogP contribution is 2.18. The Kier molecular flexibility index (Phi) is 6.24. The summed E-state index contributed by atoms with van der Waals surface area (Å²) in [6, 6.07) is 7.67. The summed E-state index contributed by atoms with van der Waals surface area (Å²) in [5.74, 6) is 0.213. The minimum Gasteiger partial charge on any atom is -0.339 e. The lowest BCUT2D eigenvalue weighted by molar-refractivity contribution is -0.137. The first-order valence-corrected chi connectivity index (χ1v) is 8.35. The van der Waals surface area contributed by atoms with Crippen molar-refractivity contribution < 1.29 is 4.79 Å². The van der Waals surface area contributed by atoms with E-state index in [2.05, 4.69) is 16.7 Å². The summed E-state index contributed by atoms with van der Waals surface area (Å²) in [4.78, 5) is 19.1. The van der Waals surface area contributed by atoms with Crippen LogP contribution in [0.15, 0.2) is 24.3 Å². The Morgan fingerprint density at radius 2 is 1.91 bits per heavy atom. The SMILES string of the molecule is CCN1CCN(C(=O)[C@@H](C)N(C)Cc2ccccc2Cl)CC1. The lowest BCUT2D eigenvalue weighted by atomic mass is 10.1. The van der Waals surface area contributed by atoms with Crippen molar-refractivity contribution in [3.05, 3.63) is 34.9 Å². The third-order valence-electron chi connectivity index (χ3n) is 4.53. The molecule has 0 bridgehead atoms. The van der Waals surface area contributed by atoms with E-state index in [9.17, 15) is 4.79 Å². The summed E-state index contributed by atoms with van der Waals surface area (Å²) in [6.07, 6.45) is 0. The van der Waals surface area contributed by atoms with Crippen molar-refractivity contribution in [2.45, 2.75) is 26.4 Å². The molecule has 0 aromatic heterocycles. The van der Waals surface area contributed by atoms with Gasteiger partial charge in [0, 0.05) is 37.7 Å². The molecule has 1 aliphatic rings. The molecule has 0 spiro atoms. The van der Waals surface area contributed by atoms with Crippen molar-refractivity contribution >= 4 is 17.5 Å². The maximum Gasteiger partial charge on any atom is 0.239 e. The largest absolute Gasteiger partial charge is 0.339 e. The molecule has 1 aromatic carbocycles. The van der Waals surface area contributed by atoms with Gasteiger partial charge in [0.15, 0.2) is 0 Å². The number of amides is 1. The van der Waals surface area contributed by atoms with Gasteiger partial charge in [-0.2, -0.15) is 0 Å². The average molecular weight is 324 g/mol. The molecule has 2 rings (SSSR count). The van der Waals surface area contributed by atoms with Crippen LogP contribution in [0.1, 0.15) is 19.4 Å². The molecule has 0 N–H and O–H groups in total. The second kappa shape index (κ2) is 7.95. The van der Waals surface area contributed by atoms with Crippen LogP contribution in [-0.4, -0.2) is 66.4 Å². The lowest BCUT2D eigenvalue weighted by Gasteiger charge is -2.37. The van der Waals surface area contributed by atoms with Crippen LogP contribution in [0.5, 0.6) is 0 Å². The first-order valence-electron chi connectivity index (χ1n) is 7.97. The third kappa shape index (κ3) is 4.22. The predicted molar refractivity (Wildman–Crippen MR) is 91.1 cm³/mol. The second-order valence-electron chi connectivity index (χ2n) is 5.94. The van der Waals surface area contributed by atoms with Crippen molar-refractivity contribution in [2.75, 3.05) is 39.8 Å². The molecule has 1 fully saturated rings. The van der Waals surface area contributed by atoms with Gasteiger partial charge in [-0.15, -0.1) is 0 Å². The molecular weight excluding hydrogens is 298 g/mol. The maximum absolute atomic E-state index is 12.6. The first-order chi connectivity index (χ1) is 10.5. The molecule has 5 heteroatoms. The van der Waals surface area contributed by atoms with E-state index >= 15 is 0 Å². The number of carbonyl (C=O) groups excluding carboxylic acids is 1. The van der Waals surface area contributed by atoms with Gasteiger partial charge in [0.2, 0.25) is 5.91 Å². The minimum absolute atomic E-state index is 0.135. The number of likely N-dealkylation sites (N-methyl/N-ethyl adjacent to an activating group) is 2. The van der Waals surface area contributed by atoms with E-state index < -0.39 is 0 Å². The van der Waals surface area contributed by atoms with Crippen molar-refractivity contribution in [1.82, 2.24) is 14.7 Å². The predicted octanol–water partition coefficient (Wildman–Crippen LogP) is 2.32. The molecule has 4 nitrogen and oxygen atoms in total. The summed E-state index contributed by atoms with van der Waals surface area (Å²) in [5, 5.41) is 0.755. The summed E-state index contributed by atoms with van der Waals surface area (Å²) in [5.41, 5.74) is 1.06. The fraction of sp³-hybridized carbons (Fsp3) is 0.588. The monoisotopic (exact) mass is 323 g/mol. The third-order valence-corrected chi connectivity index (χ3v) is 4.90. The molecule has 1 atom stereocenters. The molecule has 1 aliphatic heterocycles. The van der Waals surface area contributed by atoms with Gasteiger partial charge in [-0.25, -0.2) is 0 Å². The van der Waals surface area contributed by atoms with E-state index in [-0.39, 0.29) is 11.9 Å². The maximum atomic E-state index is 12.6. The standard InChI is InChI=1S/C17H26ClN3O/c1-4-20-9-11-21(12-10-20)17(22)14(2)19(3)13-15-7-5-6-8-16(15)18/h5-8,14H,4,9-13H2,1-3H3/t14-/m1/s1. The smallest absolute Gasteiger partial charge is 0.239 e. The number of piperazine rings is 1. The van der Waals surface area contributed by atoms with E-state index in [0.717, 1.165) is 43.3 Å². The normalized spacial score (nSPS) is 17.8. The Bertz CT molecular complexity index is 500. The van der Waals surface area contributed by atoms with Gasteiger partial charge in [0.25, 0.3) is 0 Å². The number of carbonyl (C=O) groups is 1. The highest BCUT2D eigenvalue weighted by Gasteiger charge is 2.26. The Morgan fingerprint density at radius 1 is 1.27 bits per heavy atom. The van der Waals surface area contributed by atoms with Gasteiger partial charge in [0.05, 0.1) is 6.04 Å². The van der Waals surface area contributed by atoms with Gasteiger partial charge >= 0.3 is 0 Å². The molecule has 0 radical (unpaired) electrons. The highest BCUT2D eigenvalue weighted by atomic mass is 35.5. The van der Waals surface area contributed by atoms with Gasteiger partial charge in [-0.1, -0.05) is 36.7 Å². The summed E-state index contributed by atoms with van der Waals surface area (Å²) in [7, 11) is 1.98. The number of hydrogen-bond acceptors (Lipinski definition) is 3. The lowest BCUT2D eigenvalue weighted by Crippen LogP contribution is -2.53. The van der Waals surface area contributed by atoms with Crippen LogP contribution in [-0.2, 0) is 11.3 Å². The molecule has 122 valence electrons. The summed E-state index contributed by atoms with van der Waals surface area (Å²) in [6.45, 7) is 9.49. The molecule has 22 heavy (non-hydrogen) atoms. The molecule has 0 unspecified atom stereocenters. The highest BCUT2D eigenvalue weighted by molar-refractivity contribution is 6.31. The zero-order valence-electron chi connectivity index (χ0n) is 13.8. The molecule has 1 heterocycles. The Morgan fingerprint density at radius 3 is 2.50 bits per heavy atom. The van der Waals surface area contributed by atoms with Crippen LogP contribution in [0.4, 0.5) is 0 Å². The summed E-state index contributed by atoms with van der Waals surface area (Å²) >= 11 is 6.21. The van der Waals surface area contributed by atoms with Gasteiger partial charge in [0.1, 0.15) is 0 Å². The Hall–Kier alpha value is -1.10. The van der Waals surface area contributed by atoms with Gasteiger partial charge in [-0.05, 0) is 32.1 Å². The quantitative estimate of drug-likeness (QED) is 0.832. The van der Waals surface area contributed by atoms with Crippen LogP contribution in [0.3, 0.4) is 0 Å². The number of halogens is 1. The van der Waals surface area contributed by atoms with Gasteiger partial charge < -0.3 is 9.80 Å². The van der Waals surface area contributed by atoms with Crippen LogP contribution < -0.4 is 0 Å². The molecular formula is C17H26ClN3O. The van der Waals surface area contributed by atoms with E-state index in [1.54, 1.807) is 0 Å². The van der Waals surface area contributed by atoms with Crippen LogP contribution >= 0.6 is 11.6 Å². The van der Waals surface area contributed by atoms with E-state index in [1.165, 1.54) is 0 Å². The fourth-order valence-corrected chi connectivity index (χ4v) is 2.96. The Balaban J connectivity index is 1.91. The molecule has 1 saturated heterocycles. The zero-order valence-corrected chi connectivity index (χ0v) is 14.5. The van der Waals surface area contributed by atoms with Crippen LogP contribution in [0.2, 0.25) is 5.02 Å². The summed E-state index contributed by atoms with van der Waals surface area (Å²) < 4.78 is 0. The topological polar surface area (TPSA) is 26.8 Å². The Labute approximate surface area is 138 Å². The van der Waals surface area contributed by atoms with Crippen molar-refractivity contribution in [2.24, 2.45) is 0 Å². The second-order valence-corrected chi connectivity index (χ2v) is 6.35. The van der Waals surface area contributed by atoms with Crippen molar-refractivity contribution in [3.63, 3.8) is 0 Å². The number of hydrogen-bond donors (Lipinski definition) is 0. The van der Waals surface area contributed by atoms with Crippen LogP contribution in [0.25, 0.3) is 0 Å². The zero-order chi connectivity index (χ0) is 16.1. The van der Waals surface area contributed by atoms with E-state index in [1.807, 2.05) is 43.1 Å². The fourth-order valence-electron chi connectivity index (χ4n) is 2.77. The number of benzene rings is 1. The van der Waals surface area contributed by atoms with Crippen LogP contribution in [0, 0.1) is 0 Å². The van der Waals surface area contributed by atoms with Crippen molar-refractivity contribution in [3.8, 4) is 0 Å². The van der Waals surface area contributed by atoms with Gasteiger partial charge in [-0.3, -0.25) is 9.69 Å². The first kappa shape index (κ1) is 17.3.